The number of amides is 1. The molecule has 2 unspecified atom stereocenters. The first-order valence-corrected chi connectivity index (χ1v) is 9.80. The van der Waals surface area contributed by atoms with Crippen LogP contribution in [0.5, 0.6) is 11.5 Å². The lowest BCUT2D eigenvalue weighted by atomic mass is 9.91. The summed E-state index contributed by atoms with van der Waals surface area (Å²) < 4.78 is 13.3. The molecule has 1 amide bonds. The molecular weight excluding hydrogens is 358 g/mol. The normalized spacial score (nSPS) is 26.5. The lowest BCUT2D eigenvalue weighted by molar-refractivity contribution is -0.134. The number of carbonyl (C=O) groups excluding carboxylic acids is 1. The Hall–Kier alpha value is -2.83. The number of ether oxygens (including phenoxy) is 2. The monoisotopic (exact) mass is 383 g/mol. The number of para-hydroxylation sites is 2. The van der Waals surface area contributed by atoms with Gasteiger partial charge in [-0.25, -0.2) is 4.68 Å². The summed E-state index contributed by atoms with van der Waals surface area (Å²) in [6.07, 6.45) is 2.19. The Bertz CT molecular complexity index is 918. The minimum atomic E-state index is -0.673. The number of nitrogens with zero attached hydrogens (tertiary/aromatic N) is 2. The number of fused-ring (bicyclic) bond motifs is 1. The molecule has 0 bridgehead atoms. The second-order valence-electron chi connectivity index (χ2n) is 7.58. The molecule has 7 nitrogen and oxygen atoms in total. The summed E-state index contributed by atoms with van der Waals surface area (Å²) in [5.74, 6) is 1.10. The number of rotatable bonds is 3. The molecule has 1 aromatic heterocycles. The number of nitrogens with one attached hydrogen (secondary N) is 1. The van der Waals surface area contributed by atoms with Gasteiger partial charge in [0.1, 0.15) is 6.10 Å². The van der Waals surface area contributed by atoms with Crippen LogP contribution in [0.3, 0.4) is 0 Å². The Kier molecular flexibility index (Phi) is 5.07. The van der Waals surface area contributed by atoms with E-state index in [1.165, 1.54) is 0 Å². The predicted octanol–water partition coefficient (Wildman–Crippen LogP) is 2.38. The molecule has 1 N–H and O–H groups in total. The van der Waals surface area contributed by atoms with Gasteiger partial charge in [-0.05, 0) is 57.7 Å². The van der Waals surface area contributed by atoms with E-state index >= 15 is 0 Å². The fraction of sp³-hybridized carbons (Fsp3) is 0.476. The Morgan fingerprint density at radius 3 is 2.46 bits per heavy atom. The Morgan fingerprint density at radius 1 is 1.07 bits per heavy atom. The van der Waals surface area contributed by atoms with Crippen molar-refractivity contribution < 1.29 is 14.3 Å². The van der Waals surface area contributed by atoms with Crippen molar-refractivity contribution in [3.63, 3.8) is 0 Å². The average Bonchev–Trinajstić information content (AvgIpc) is 2.70. The minimum absolute atomic E-state index is 0.0669. The summed E-state index contributed by atoms with van der Waals surface area (Å²) in [7, 11) is 0. The standard InChI is InChI=1S/C21H25N3O4/c1-13-7-12-19(25)24(23-13)16-10-8-15(9-11-16)22-21(26)20-14(2)27-17-5-3-4-6-18(17)28-20/h3-7,12,14-16,20H,8-11H2,1-2H3,(H,22,26). The van der Waals surface area contributed by atoms with Gasteiger partial charge in [0.05, 0.1) is 11.7 Å². The van der Waals surface area contributed by atoms with Gasteiger partial charge in [0.25, 0.3) is 11.5 Å². The number of benzene rings is 1. The summed E-state index contributed by atoms with van der Waals surface area (Å²) in [4.78, 5) is 24.8. The molecule has 2 aliphatic rings. The second kappa shape index (κ2) is 7.66. The van der Waals surface area contributed by atoms with Crippen LogP contribution in [0.15, 0.2) is 41.2 Å². The summed E-state index contributed by atoms with van der Waals surface area (Å²) in [6, 6.07) is 10.8. The SMILES string of the molecule is Cc1ccc(=O)n(C2CCC(NC(=O)C3Oc4ccccc4OC3C)CC2)n1. The van der Waals surface area contributed by atoms with Crippen LogP contribution in [-0.2, 0) is 4.79 Å². The van der Waals surface area contributed by atoms with Crippen molar-refractivity contribution in [3.05, 3.63) is 52.4 Å². The van der Waals surface area contributed by atoms with E-state index in [2.05, 4.69) is 10.4 Å². The molecule has 1 aliphatic heterocycles. The van der Waals surface area contributed by atoms with Crippen molar-refractivity contribution in [2.75, 3.05) is 0 Å². The first-order chi connectivity index (χ1) is 13.5. The van der Waals surface area contributed by atoms with E-state index in [1.807, 2.05) is 32.0 Å². The summed E-state index contributed by atoms with van der Waals surface area (Å²) in [5, 5.41) is 7.46. The zero-order valence-corrected chi connectivity index (χ0v) is 16.1. The first kappa shape index (κ1) is 18.5. The quantitative estimate of drug-likeness (QED) is 0.880. The van der Waals surface area contributed by atoms with Gasteiger partial charge >= 0.3 is 0 Å². The van der Waals surface area contributed by atoms with E-state index in [1.54, 1.807) is 22.9 Å². The van der Waals surface area contributed by atoms with Crippen LogP contribution in [0.2, 0.25) is 0 Å². The van der Waals surface area contributed by atoms with Gasteiger partial charge in [-0.15, -0.1) is 0 Å². The fourth-order valence-corrected chi connectivity index (χ4v) is 3.94. The van der Waals surface area contributed by atoms with E-state index in [9.17, 15) is 9.59 Å². The Morgan fingerprint density at radius 2 is 1.75 bits per heavy atom. The van der Waals surface area contributed by atoms with Crippen LogP contribution in [-0.4, -0.2) is 33.9 Å². The van der Waals surface area contributed by atoms with Crippen molar-refractivity contribution >= 4 is 5.91 Å². The molecule has 4 rings (SSSR count). The number of hydrogen-bond donors (Lipinski definition) is 1. The van der Waals surface area contributed by atoms with Crippen molar-refractivity contribution in [2.24, 2.45) is 0 Å². The van der Waals surface area contributed by atoms with Crippen LogP contribution in [0.4, 0.5) is 0 Å². The highest BCUT2D eigenvalue weighted by molar-refractivity contribution is 5.82. The third kappa shape index (κ3) is 3.74. The van der Waals surface area contributed by atoms with E-state index in [0.29, 0.717) is 11.5 Å². The van der Waals surface area contributed by atoms with E-state index in [0.717, 1.165) is 31.4 Å². The number of carbonyl (C=O) groups is 1. The molecule has 1 aliphatic carbocycles. The van der Waals surface area contributed by atoms with Crippen LogP contribution in [0, 0.1) is 6.92 Å². The van der Waals surface area contributed by atoms with Crippen molar-refractivity contribution in [1.82, 2.24) is 15.1 Å². The lowest BCUT2D eigenvalue weighted by Gasteiger charge is -2.34. The molecule has 0 saturated heterocycles. The molecule has 1 fully saturated rings. The van der Waals surface area contributed by atoms with E-state index in [-0.39, 0.29) is 29.7 Å². The molecule has 148 valence electrons. The molecule has 0 radical (unpaired) electrons. The van der Waals surface area contributed by atoms with Crippen molar-refractivity contribution in [1.29, 1.82) is 0 Å². The number of hydrogen-bond acceptors (Lipinski definition) is 5. The molecule has 2 heterocycles. The number of aryl methyl sites for hydroxylation is 1. The average molecular weight is 383 g/mol. The van der Waals surface area contributed by atoms with Crippen LogP contribution in [0.25, 0.3) is 0 Å². The highest BCUT2D eigenvalue weighted by Crippen LogP contribution is 2.34. The van der Waals surface area contributed by atoms with Gasteiger partial charge in [-0.2, -0.15) is 5.10 Å². The van der Waals surface area contributed by atoms with Crippen LogP contribution >= 0.6 is 0 Å². The highest BCUT2D eigenvalue weighted by Gasteiger charge is 2.35. The van der Waals surface area contributed by atoms with Crippen molar-refractivity contribution in [3.8, 4) is 11.5 Å². The minimum Gasteiger partial charge on any atom is -0.482 e. The predicted molar refractivity (Wildman–Crippen MR) is 104 cm³/mol. The fourth-order valence-electron chi connectivity index (χ4n) is 3.94. The maximum atomic E-state index is 12.8. The van der Waals surface area contributed by atoms with Gasteiger partial charge < -0.3 is 14.8 Å². The molecule has 0 spiro atoms. The van der Waals surface area contributed by atoms with Gasteiger partial charge in [0.2, 0.25) is 6.10 Å². The molecule has 1 aromatic carbocycles. The second-order valence-corrected chi connectivity index (χ2v) is 7.58. The van der Waals surface area contributed by atoms with E-state index < -0.39 is 6.10 Å². The summed E-state index contributed by atoms with van der Waals surface area (Å²) >= 11 is 0. The van der Waals surface area contributed by atoms with Crippen LogP contribution < -0.4 is 20.3 Å². The maximum absolute atomic E-state index is 12.8. The summed E-state index contributed by atoms with van der Waals surface area (Å²) in [6.45, 7) is 3.72. The van der Waals surface area contributed by atoms with Crippen molar-refractivity contribution in [2.45, 2.75) is 63.8 Å². The molecule has 1 saturated carbocycles. The van der Waals surface area contributed by atoms with Gasteiger partial charge in [-0.3, -0.25) is 9.59 Å². The number of aromatic nitrogens is 2. The topological polar surface area (TPSA) is 82.5 Å². The third-order valence-electron chi connectivity index (χ3n) is 5.45. The Balaban J connectivity index is 1.35. The van der Waals surface area contributed by atoms with Gasteiger partial charge in [-0.1, -0.05) is 12.1 Å². The highest BCUT2D eigenvalue weighted by atomic mass is 16.6. The smallest absolute Gasteiger partial charge is 0.267 e. The zero-order chi connectivity index (χ0) is 19.7. The molecule has 28 heavy (non-hydrogen) atoms. The molecule has 7 heteroatoms. The van der Waals surface area contributed by atoms with Gasteiger partial charge in [0, 0.05) is 12.1 Å². The first-order valence-electron chi connectivity index (χ1n) is 9.80. The third-order valence-corrected chi connectivity index (χ3v) is 5.45. The zero-order valence-electron chi connectivity index (χ0n) is 16.1. The van der Waals surface area contributed by atoms with Crippen LogP contribution in [0.1, 0.15) is 44.3 Å². The molecular formula is C21H25N3O4. The summed E-state index contributed by atoms with van der Waals surface area (Å²) in [5.41, 5.74) is 0.761. The maximum Gasteiger partial charge on any atom is 0.267 e. The molecule has 2 atom stereocenters. The largest absolute Gasteiger partial charge is 0.482 e. The molecule has 2 aromatic rings. The van der Waals surface area contributed by atoms with E-state index in [4.69, 9.17) is 9.47 Å². The lowest BCUT2D eigenvalue weighted by Crippen LogP contribution is -2.52. The van der Waals surface area contributed by atoms with Gasteiger partial charge in [0.15, 0.2) is 11.5 Å². The Labute approximate surface area is 163 Å².